The lowest BCUT2D eigenvalue weighted by Gasteiger charge is -2.23. The maximum Gasteiger partial charge on any atom is 0.325 e. The number of carboxylic acids is 2. The summed E-state index contributed by atoms with van der Waals surface area (Å²) >= 11 is 0. The maximum atomic E-state index is 12.6. The zero-order valence-corrected chi connectivity index (χ0v) is 15.5. The van der Waals surface area contributed by atoms with Crippen molar-refractivity contribution in [1.29, 1.82) is 0 Å². The molecule has 28 heavy (non-hydrogen) atoms. The molecule has 1 unspecified atom stereocenters. The molecule has 0 aliphatic carbocycles. The van der Waals surface area contributed by atoms with Crippen LogP contribution < -0.4 is 16.0 Å². The fourth-order valence-electron chi connectivity index (χ4n) is 2.33. The van der Waals surface area contributed by atoms with Gasteiger partial charge in [-0.1, -0.05) is 30.3 Å². The van der Waals surface area contributed by atoms with E-state index in [-0.39, 0.29) is 12.8 Å². The number of nitrogens with one attached hydrogen (secondary N) is 3. The lowest BCUT2D eigenvalue weighted by molar-refractivity contribution is -0.141. The summed E-state index contributed by atoms with van der Waals surface area (Å²) in [5.41, 5.74) is 0.394. The third-order valence-corrected chi connectivity index (χ3v) is 3.75. The van der Waals surface area contributed by atoms with Crippen molar-refractivity contribution in [1.82, 2.24) is 16.0 Å². The van der Waals surface area contributed by atoms with Crippen LogP contribution in [0.15, 0.2) is 30.3 Å². The summed E-state index contributed by atoms with van der Waals surface area (Å²) in [6, 6.07) is 4.54. The summed E-state index contributed by atoms with van der Waals surface area (Å²) in [4.78, 5) is 58.2. The van der Waals surface area contributed by atoms with E-state index in [9.17, 15) is 24.0 Å². The number of carbonyl (C=O) groups excluding carboxylic acids is 3. The number of carboxylic acid groups (broad SMARTS) is 2. The van der Waals surface area contributed by atoms with Gasteiger partial charge < -0.3 is 26.2 Å². The fourth-order valence-corrected chi connectivity index (χ4v) is 2.33. The first-order valence-electron chi connectivity index (χ1n) is 8.49. The molecule has 5 N–H and O–H groups in total. The van der Waals surface area contributed by atoms with Gasteiger partial charge in [-0.15, -0.1) is 0 Å². The van der Waals surface area contributed by atoms with Crippen molar-refractivity contribution in [3.8, 4) is 0 Å². The number of hydrogen-bond acceptors (Lipinski definition) is 5. The predicted molar refractivity (Wildman–Crippen MR) is 97.0 cm³/mol. The van der Waals surface area contributed by atoms with Crippen LogP contribution in [0.25, 0.3) is 0 Å². The van der Waals surface area contributed by atoms with Crippen molar-refractivity contribution in [3.63, 3.8) is 0 Å². The monoisotopic (exact) mass is 393 g/mol. The average Bonchev–Trinajstić information content (AvgIpc) is 2.62. The highest BCUT2D eigenvalue weighted by Gasteiger charge is 2.29. The lowest BCUT2D eigenvalue weighted by Crippen LogP contribution is -2.51. The van der Waals surface area contributed by atoms with Crippen molar-refractivity contribution < 1.29 is 34.2 Å². The molecule has 10 nitrogen and oxygen atoms in total. The van der Waals surface area contributed by atoms with Crippen LogP contribution in [0, 0.1) is 0 Å². The van der Waals surface area contributed by atoms with Gasteiger partial charge in [-0.25, -0.2) is 0 Å². The van der Waals surface area contributed by atoms with E-state index in [0.29, 0.717) is 5.56 Å². The zero-order chi connectivity index (χ0) is 21.3. The maximum absolute atomic E-state index is 12.6. The van der Waals surface area contributed by atoms with Crippen molar-refractivity contribution in [3.05, 3.63) is 35.9 Å². The number of amides is 3. The van der Waals surface area contributed by atoms with E-state index in [0.717, 1.165) is 0 Å². The summed E-state index contributed by atoms with van der Waals surface area (Å²) < 4.78 is 0. The predicted octanol–water partition coefficient (Wildman–Crippen LogP) is -0.197. The Morgan fingerprint density at radius 1 is 0.929 bits per heavy atom. The summed E-state index contributed by atoms with van der Waals surface area (Å²) in [6.45, 7) is 2.45. The summed E-state index contributed by atoms with van der Waals surface area (Å²) in [6.07, 6.45) is -0.536. The van der Waals surface area contributed by atoms with Gasteiger partial charge in [0.2, 0.25) is 17.7 Å². The SMILES string of the molecule is CC(=O)N[C@@H](CCC(=O)O)C(=O)NC(C(=O)N[C@@H](C)C(=O)O)c1ccccc1. The molecule has 0 aliphatic rings. The second-order valence-electron chi connectivity index (χ2n) is 6.11. The summed E-state index contributed by atoms with van der Waals surface area (Å²) in [7, 11) is 0. The van der Waals surface area contributed by atoms with E-state index in [4.69, 9.17) is 10.2 Å². The Bertz CT molecular complexity index is 736. The van der Waals surface area contributed by atoms with Crippen LogP contribution in [0.3, 0.4) is 0 Å². The minimum absolute atomic E-state index is 0.171. The Hall–Kier alpha value is -3.43. The van der Waals surface area contributed by atoms with Gasteiger partial charge in [0.25, 0.3) is 0 Å². The topological polar surface area (TPSA) is 162 Å². The third kappa shape index (κ3) is 7.44. The van der Waals surface area contributed by atoms with Crippen LogP contribution in [0.5, 0.6) is 0 Å². The molecule has 1 aromatic carbocycles. The third-order valence-electron chi connectivity index (χ3n) is 3.75. The molecule has 0 saturated heterocycles. The van der Waals surface area contributed by atoms with Crippen LogP contribution in [-0.4, -0.2) is 52.0 Å². The molecule has 0 fully saturated rings. The van der Waals surface area contributed by atoms with Crippen LogP contribution in [-0.2, 0) is 24.0 Å². The van der Waals surface area contributed by atoms with Gasteiger partial charge in [-0.05, 0) is 18.9 Å². The number of carbonyl (C=O) groups is 5. The first-order valence-corrected chi connectivity index (χ1v) is 8.49. The van der Waals surface area contributed by atoms with Gasteiger partial charge in [0.1, 0.15) is 18.1 Å². The minimum atomic E-state index is -1.25. The van der Waals surface area contributed by atoms with Crippen molar-refractivity contribution >= 4 is 29.7 Å². The quantitative estimate of drug-likeness (QED) is 0.368. The van der Waals surface area contributed by atoms with Gasteiger partial charge in [0.05, 0.1) is 0 Å². The molecular formula is C18H23N3O7. The molecule has 0 spiro atoms. The summed E-state index contributed by atoms with van der Waals surface area (Å²) in [5, 5.41) is 24.9. The van der Waals surface area contributed by atoms with E-state index < -0.39 is 47.8 Å². The van der Waals surface area contributed by atoms with Gasteiger partial charge in [-0.2, -0.15) is 0 Å². The van der Waals surface area contributed by atoms with Crippen LogP contribution in [0.2, 0.25) is 0 Å². The Balaban J connectivity index is 3.03. The van der Waals surface area contributed by atoms with Crippen molar-refractivity contribution in [2.24, 2.45) is 0 Å². The van der Waals surface area contributed by atoms with E-state index in [1.165, 1.54) is 13.8 Å². The highest BCUT2D eigenvalue weighted by molar-refractivity contribution is 5.93. The van der Waals surface area contributed by atoms with Crippen LogP contribution in [0.4, 0.5) is 0 Å². The normalized spacial score (nSPS) is 13.5. The molecule has 1 rings (SSSR count). The smallest absolute Gasteiger partial charge is 0.325 e. The Kier molecular flexibility index (Phi) is 8.60. The first-order chi connectivity index (χ1) is 13.1. The number of rotatable bonds is 10. The Morgan fingerprint density at radius 2 is 1.54 bits per heavy atom. The number of hydrogen-bond donors (Lipinski definition) is 5. The Labute approximate surface area is 161 Å². The molecule has 0 bridgehead atoms. The molecule has 3 amide bonds. The lowest BCUT2D eigenvalue weighted by atomic mass is 10.0. The molecule has 0 saturated carbocycles. The molecule has 152 valence electrons. The van der Waals surface area contributed by atoms with E-state index in [1.807, 2.05) is 0 Å². The molecule has 0 aromatic heterocycles. The molecular weight excluding hydrogens is 370 g/mol. The van der Waals surface area contributed by atoms with Gasteiger partial charge >= 0.3 is 11.9 Å². The first kappa shape index (κ1) is 22.6. The Morgan fingerprint density at radius 3 is 2.04 bits per heavy atom. The standard InChI is InChI=1S/C18H23N3O7/c1-10(18(27)28)19-17(26)15(12-6-4-3-5-7-12)21-16(25)13(20-11(2)22)8-9-14(23)24/h3-7,10,13,15H,8-9H2,1-2H3,(H,19,26)(H,20,22)(H,21,25)(H,23,24)(H,27,28)/t10-,13-,15?/m0/s1. The number of aliphatic carboxylic acids is 2. The zero-order valence-electron chi connectivity index (χ0n) is 15.5. The second-order valence-corrected chi connectivity index (χ2v) is 6.11. The van der Waals surface area contributed by atoms with Crippen LogP contribution >= 0.6 is 0 Å². The molecule has 10 heteroatoms. The molecule has 0 radical (unpaired) electrons. The fraction of sp³-hybridized carbons (Fsp3) is 0.389. The molecule has 3 atom stereocenters. The number of benzene rings is 1. The second kappa shape index (κ2) is 10.7. The van der Waals surface area contributed by atoms with Gasteiger partial charge in [0, 0.05) is 13.3 Å². The molecule has 1 aromatic rings. The largest absolute Gasteiger partial charge is 0.481 e. The molecule has 0 heterocycles. The van der Waals surface area contributed by atoms with Crippen molar-refractivity contribution in [2.45, 2.75) is 44.8 Å². The highest BCUT2D eigenvalue weighted by Crippen LogP contribution is 2.14. The minimum Gasteiger partial charge on any atom is -0.481 e. The average molecular weight is 393 g/mol. The molecule has 0 aliphatic heterocycles. The van der Waals surface area contributed by atoms with Gasteiger partial charge in [-0.3, -0.25) is 24.0 Å². The summed E-state index contributed by atoms with van der Waals surface area (Å²) in [5.74, 6) is -4.44. The van der Waals surface area contributed by atoms with E-state index in [1.54, 1.807) is 30.3 Å². The van der Waals surface area contributed by atoms with Gasteiger partial charge in [0.15, 0.2) is 0 Å². The van der Waals surface area contributed by atoms with Crippen molar-refractivity contribution in [2.75, 3.05) is 0 Å². The van der Waals surface area contributed by atoms with Crippen LogP contribution in [0.1, 0.15) is 38.3 Å². The van der Waals surface area contributed by atoms with E-state index in [2.05, 4.69) is 16.0 Å². The highest BCUT2D eigenvalue weighted by atomic mass is 16.4. The van der Waals surface area contributed by atoms with E-state index >= 15 is 0 Å².